The molecule has 1 fully saturated rings. The van der Waals surface area contributed by atoms with Gasteiger partial charge in [0.25, 0.3) is 0 Å². The van der Waals surface area contributed by atoms with Crippen molar-refractivity contribution in [3.05, 3.63) is 12.7 Å². The van der Waals surface area contributed by atoms with E-state index in [0.717, 1.165) is 0 Å². The van der Waals surface area contributed by atoms with E-state index in [0.29, 0.717) is 11.2 Å². The molecule has 2 aromatic rings. The fraction of sp³-hybridized carbons (Fsp3) is 0.500. The third-order valence-corrected chi connectivity index (χ3v) is 4.00. The Morgan fingerprint density at radius 1 is 1.07 bits per heavy atom. The summed E-state index contributed by atoms with van der Waals surface area (Å²) in [6.07, 6.45) is -1.22. The summed E-state index contributed by atoms with van der Waals surface area (Å²) in [6, 6.07) is 0. The summed E-state index contributed by atoms with van der Waals surface area (Å²) < 4.78 is 23.1. The Labute approximate surface area is 158 Å². The number of imidazole rings is 1. The molecule has 0 bridgehead atoms. The van der Waals surface area contributed by atoms with Crippen molar-refractivity contribution in [1.82, 2.24) is 19.5 Å². The van der Waals surface area contributed by atoms with Crippen molar-refractivity contribution in [2.75, 3.05) is 12.3 Å². The maximum atomic E-state index is 11.7. The Morgan fingerprint density at radius 2 is 1.75 bits per heavy atom. The average molecular weight is 393 g/mol. The monoisotopic (exact) mass is 393 g/mol. The Morgan fingerprint density at radius 3 is 2.39 bits per heavy atom. The fourth-order valence-corrected chi connectivity index (χ4v) is 2.97. The summed E-state index contributed by atoms with van der Waals surface area (Å²) in [4.78, 5) is 46.6. The Balaban J connectivity index is 2.01. The molecule has 1 aliphatic heterocycles. The van der Waals surface area contributed by atoms with Crippen LogP contribution in [0.2, 0.25) is 0 Å². The van der Waals surface area contributed by atoms with E-state index < -0.39 is 42.4 Å². The van der Waals surface area contributed by atoms with Crippen LogP contribution in [0.15, 0.2) is 12.7 Å². The van der Waals surface area contributed by atoms with Crippen LogP contribution in [0.25, 0.3) is 11.2 Å². The quantitative estimate of drug-likeness (QED) is 0.526. The molecule has 0 radical (unpaired) electrons. The second-order valence-electron chi connectivity index (χ2n) is 6.10. The van der Waals surface area contributed by atoms with Gasteiger partial charge < -0.3 is 24.7 Å². The highest BCUT2D eigenvalue weighted by molar-refractivity contribution is 5.81. The summed E-state index contributed by atoms with van der Waals surface area (Å²) in [5, 5.41) is 0. The molecular weight excluding hydrogens is 374 g/mol. The number of anilines is 1. The van der Waals surface area contributed by atoms with E-state index in [1.54, 1.807) is 0 Å². The zero-order valence-corrected chi connectivity index (χ0v) is 15.4. The molecule has 4 atom stereocenters. The highest BCUT2D eigenvalue weighted by Gasteiger charge is 2.51. The van der Waals surface area contributed by atoms with Crippen LogP contribution in [0.4, 0.5) is 5.82 Å². The topological polar surface area (TPSA) is 158 Å². The number of nitrogens with zero attached hydrogens (tertiary/aromatic N) is 4. The van der Waals surface area contributed by atoms with Gasteiger partial charge in [-0.3, -0.25) is 19.0 Å². The Kier molecular flexibility index (Phi) is 5.40. The van der Waals surface area contributed by atoms with Gasteiger partial charge in [-0.15, -0.1) is 0 Å². The third-order valence-electron chi connectivity index (χ3n) is 4.00. The van der Waals surface area contributed by atoms with Gasteiger partial charge in [-0.05, 0) is 0 Å². The lowest BCUT2D eigenvalue weighted by atomic mass is 10.1. The first kappa shape index (κ1) is 19.5. The van der Waals surface area contributed by atoms with Crippen molar-refractivity contribution in [2.45, 2.75) is 45.3 Å². The molecule has 3 heterocycles. The molecule has 0 spiro atoms. The first-order chi connectivity index (χ1) is 13.3. The number of hydrogen-bond acceptors (Lipinski definition) is 11. The predicted molar refractivity (Wildman–Crippen MR) is 91.4 cm³/mol. The molecule has 2 unspecified atom stereocenters. The molecule has 0 saturated carbocycles. The number of nitrogens with two attached hydrogens (primary N) is 1. The smallest absolute Gasteiger partial charge is 0.303 e. The summed E-state index contributed by atoms with van der Waals surface area (Å²) in [5.41, 5.74) is 6.48. The molecule has 12 heteroatoms. The maximum Gasteiger partial charge on any atom is 0.303 e. The van der Waals surface area contributed by atoms with Gasteiger partial charge >= 0.3 is 17.9 Å². The van der Waals surface area contributed by atoms with Crippen LogP contribution in [-0.2, 0) is 33.3 Å². The lowest BCUT2D eigenvalue weighted by Gasteiger charge is -2.23. The second kappa shape index (κ2) is 7.76. The minimum absolute atomic E-state index is 0.166. The fourth-order valence-electron chi connectivity index (χ4n) is 2.97. The average Bonchev–Trinajstić information content (AvgIpc) is 3.16. The number of aromatic nitrogens is 4. The molecule has 1 saturated heterocycles. The first-order valence-corrected chi connectivity index (χ1v) is 8.34. The zero-order valence-electron chi connectivity index (χ0n) is 15.4. The first-order valence-electron chi connectivity index (χ1n) is 8.34. The van der Waals surface area contributed by atoms with Gasteiger partial charge in [0.2, 0.25) is 0 Å². The van der Waals surface area contributed by atoms with Crippen LogP contribution >= 0.6 is 0 Å². The molecule has 0 aliphatic carbocycles. The van der Waals surface area contributed by atoms with Crippen molar-refractivity contribution in [2.24, 2.45) is 0 Å². The number of fused-ring (bicyclic) bond motifs is 1. The molecule has 0 aromatic carbocycles. The van der Waals surface area contributed by atoms with E-state index in [9.17, 15) is 14.4 Å². The maximum absolute atomic E-state index is 11.7. The van der Waals surface area contributed by atoms with Crippen LogP contribution in [0.3, 0.4) is 0 Å². The van der Waals surface area contributed by atoms with Crippen molar-refractivity contribution in [1.29, 1.82) is 0 Å². The Bertz CT molecular complexity index is 914. The SMILES string of the molecule is CC(=O)OC[C@H]1O[C@H](n2cnc3c(N)ncnc32)C(OC(C)=O)C1OC(C)=O. The van der Waals surface area contributed by atoms with Crippen LogP contribution in [0.5, 0.6) is 0 Å². The lowest BCUT2D eigenvalue weighted by molar-refractivity contribution is -0.166. The number of carbonyl (C=O) groups excluding carboxylic acids is 3. The van der Waals surface area contributed by atoms with Crippen molar-refractivity contribution in [3.63, 3.8) is 0 Å². The lowest BCUT2D eigenvalue weighted by Crippen LogP contribution is -2.40. The van der Waals surface area contributed by atoms with Crippen molar-refractivity contribution < 1.29 is 33.3 Å². The highest BCUT2D eigenvalue weighted by atomic mass is 16.7. The molecular formula is C16H19N5O7. The number of hydrogen-bond donors (Lipinski definition) is 1. The van der Waals surface area contributed by atoms with E-state index in [1.165, 1.54) is 38.0 Å². The largest absolute Gasteiger partial charge is 0.463 e. The number of carbonyl (C=O) groups is 3. The second-order valence-corrected chi connectivity index (χ2v) is 6.10. The molecule has 2 N–H and O–H groups in total. The van der Waals surface area contributed by atoms with Crippen LogP contribution in [0, 0.1) is 0 Å². The van der Waals surface area contributed by atoms with E-state index in [-0.39, 0.29) is 12.4 Å². The molecule has 2 aromatic heterocycles. The minimum atomic E-state index is -1.03. The summed E-state index contributed by atoms with van der Waals surface area (Å²) >= 11 is 0. The third kappa shape index (κ3) is 3.86. The number of ether oxygens (including phenoxy) is 4. The van der Waals surface area contributed by atoms with Crippen LogP contribution < -0.4 is 5.73 Å². The van der Waals surface area contributed by atoms with E-state index in [1.807, 2.05) is 0 Å². The van der Waals surface area contributed by atoms with E-state index in [2.05, 4.69) is 15.0 Å². The van der Waals surface area contributed by atoms with Crippen LogP contribution in [0.1, 0.15) is 27.0 Å². The van der Waals surface area contributed by atoms with Gasteiger partial charge in [-0.2, -0.15) is 0 Å². The van der Waals surface area contributed by atoms with E-state index >= 15 is 0 Å². The number of nitrogen functional groups attached to an aromatic ring is 1. The van der Waals surface area contributed by atoms with Crippen molar-refractivity contribution in [3.8, 4) is 0 Å². The molecule has 12 nitrogen and oxygen atoms in total. The Hall–Kier alpha value is -3.28. The predicted octanol–water partition coefficient (Wildman–Crippen LogP) is -0.268. The molecule has 0 amide bonds. The summed E-state index contributed by atoms with van der Waals surface area (Å²) in [5.74, 6) is -1.59. The molecule has 1 aliphatic rings. The van der Waals surface area contributed by atoms with E-state index in [4.69, 9.17) is 24.7 Å². The summed E-state index contributed by atoms with van der Waals surface area (Å²) in [7, 11) is 0. The van der Waals surface area contributed by atoms with Crippen LogP contribution in [-0.4, -0.2) is 62.3 Å². The molecule has 3 rings (SSSR count). The minimum Gasteiger partial charge on any atom is -0.463 e. The van der Waals surface area contributed by atoms with Gasteiger partial charge in [0.05, 0.1) is 6.33 Å². The standard InChI is InChI=1S/C16H19N5O7/c1-7(22)25-4-10-12(26-8(2)23)13(27-9(3)24)16(28-10)21-6-20-11-14(17)18-5-19-15(11)21/h5-6,10,12-13,16H,4H2,1-3H3,(H2,17,18,19)/t10-,12?,13?,16+/m1/s1. The zero-order chi connectivity index (χ0) is 20.4. The van der Waals surface area contributed by atoms with Gasteiger partial charge in [-0.1, -0.05) is 0 Å². The normalized spacial score (nSPS) is 24.1. The number of esters is 3. The molecule has 28 heavy (non-hydrogen) atoms. The van der Waals surface area contributed by atoms with Gasteiger partial charge in [-0.25, -0.2) is 15.0 Å². The van der Waals surface area contributed by atoms with Crippen molar-refractivity contribution >= 4 is 34.9 Å². The highest BCUT2D eigenvalue weighted by Crippen LogP contribution is 2.36. The molecule has 150 valence electrons. The number of rotatable bonds is 5. The van der Waals surface area contributed by atoms with Gasteiger partial charge in [0.15, 0.2) is 29.9 Å². The van der Waals surface area contributed by atoms with Gasteiger partial charge in [0, 0.05) is 20.8 Å². The van der Waals surface area contributed by atoms with Gasteiger partial charge in [0.1, 0.15) is 24.6 Å². The summed E-state index contributed by atoms with van der Waals surface area (Å²) in [6.45, 7) is 3.46.